The van der Waals surface area contributed by atoms with Crippen LogP contribution in [0.3, 0.4) is 0 Å². The normalized spacial score (nSPS) is 21.3. The highest BCUT2D eigenvalue weighted by Gasteiger charge is 2.25. The Labute approximate surface area is 126 Å². The molecule has 0 spiro atoms. The molecule has 0 aliphatic heterocycles. The van der Waals surface area contributed by atoms with Crippen LogP contribution in [0.1, 0.15) is 32.6 Å². The summed E-state index contributed by atoms with van der Waals surface area (Å²) in [6.07, 6.45) is 4.54. The minimum absolute atomic E-state index is 0.343. The van der Waals surface area contributed by atoms with E-state index in [4.69, 9.17) is 4.74 Å². The number of methoxy groups -OCH3 is 1. The number of ether oxygens (including phenoxy) is 1. The van der Waals surface area contributed by atoms with Crippen molar-refractivity contribution in [3.63, 3.8) is 0 Å². The molecule has 1 fully saturated rings. The largest absolute Gasteiger partial charge is 0.381 e. The number of aromatic nitrogens is 3. The van der Waals surface area contributed by atoms with Gasteiger partial charge in [-0.1, -0.05) is 6.92 Å². The van der Waals surface area contributed by atoms with E-state index in [0.29, 0.717) is 30.0 Å². The third-order valence-electron chi connectivity index (χ3n) is 3.61. The predicted molar refractivity (Wildman–Crippen MR) is 85.0 cm³/mol. The number of nitrogens with one attached hydrogen (secondary N) is 2. The van der Waals surface area contributed by atoms with Crippen molar-refractivity contribution in [3.8, 4) is 0 Å². The maximum atomic E-state index is 5.40. The highest BCUT2D eigenvalue weighted by molar-refractivity contribution is 5.43. The maximum Gasteiger partial charge on any atom is 0.231 e. The Morgan fingerprint density at radius 1 is 1.19 bits per heavy atom. The molecule has 0 bridgehead atoms. The molecule has 1 saturated carbocycles. The fourth-order valence-electron chi connectivity index (χ4n) is 2.41. The summed E-state index contributed by atoms with van der Waals surface area (Å²) in [4.78, 5) is 15.2. The molecule has 0 aromatic carbocycles. The van der Waals surface area contributed by atoms with Crippen molar-refractivity contribution in [2.75, 3.05) is 43.3 Å². The van der Waals surface area contributed by atoms with Gasteiger partial charge in [-0.2, -0.15) is 15.0 Å². The zero-order chi connectivity index (χ0) is 15.2. The molecule has 1 aliphatic carbocycles. The molecule has 21 heavy (non-hydrogen) atoms. The summed E-state index contributed by atoms with van der Waals surface area (Å²) in [6, 6.07) is 0.367. The van der Waals surface area contributed by atoms with E-state index in [0.717, 1.165) is 32.2 Å². The van der Waals surface area contributed by atoms with Gasteiger partial charge in [-0.25, -0.2) is 0 Å². The highest BCUT2D eigenvalue weighted by Crippen LogP contribution is 2.24. The SMILES string of the molecule is CCCNc1nc(NC2CCC(OC)C2)nc(N(C)C)n1. The second-order valence-electron chi connectivity index (χ2n) is 5.62. The van der Waals surface area contributed by atoms with Crippen molar-refractivity contribution in [3.05, 3.63) is 0 Å². The van der Waals surface area contributed by atoms with E-state index in [-0.39, 0.29) is 0 Å². The van der Waals surface area contributed by atoms with Crippen LogP contribution in [0.5, 0.6) is 0 Å². The van der Waals surface area contributed by atoms with Gasteiger partial charge in [0.25, 0.3) is 0 Å². The Bertz CT molecular complexity index is 453. The Morgan fingerprint density at radius 2 is 1.95 bits per heavy atom. The minimum Gasteiger partial charge on any atom is -0.381 e. The van der Waals surface area contributed by atoms with E-state index in [2.05, 4.69) is 32.5 Å². The van der Waals surface area contributed by atoms with E-state index in [9.17, 15) is 0 Å². The van der Waals surface area contributed by atoms with Gasteiger partial charge in [-0.15, -0.1) is 0 Å². The minimum atomic E-state index is 0.343. The van der Waals surface area contributed by atoms with Gasteiger partial charge >= 0.3 is 0 Å². The smallest absolute Gasteiger partial charge is 0.231 e. The maximum absolute atomic E-state index is 5.40. The fourth-order valence-corrected chi connectivity index (χ4v) is 2.41. The van der Waals surface area contributed by atoms with E-state index in [1.165, 1.54) is 0 Å². The van der Waals surface area contributed by atoms with Gasteiger partial charge in [0.15, 0.2) is 0 Å². The third-order valence-corrected chi connectivity index (χ3v) is 3.61. The molecule has 118 valence electrons. The molecule has 7 heteroatoms. The number of hydrogen-bond acceptors (Lipinski definition) is 7. The molecule has 1 aromatic rings. The van der Waals surface area contributed by atoms with Crippen LogP contribution in [-0.4, -0.2) is 54.8 Å². The molecule has 1 aliphatic rings. The van der Waals surface area contributed by atoms with Gasteiger partial charge < -0.3 is 20.3 Å². The molecular formula is C14H26N6O. The first-order chi connectivity index (χ1) is 10.1. The van der Waals surface area contributed by atoms with Gasteiger partial charge in [0.1, 0.15) is 0 Å². The lowest BCUT2D eigenvalue weighted by molar-refractivity contribution is 0.108. The monoisotopic (exact) mass is 294 g/mol. The molecule has 1 aromatic heterocycles. The standard InChI is InChI=1S/C14H26N6O/c1-5-8-15-12-17-13(19-14(18-12)20(2)3)16-10-6-7-11(9-10)21-4/h10-11H,5-9H2,1-4H3,(H2,15,16,17,18,19). The van der Waals surface area contributed by atoms with Crippen LogP contribution < -0.4 is 15.5 Å². The lowest BCUT2D eigenvalue weighted by atomic mass is 10.2. The number of anilines is 3. The lowest BCUT2D eigenvalue weighted by Crippen LogP contribution is -2.22. The Hall–Kier alpha value is -1.63. The molecule has 1 heterocycles. The van der Waals surface area contributed by atoms with Crippen molar-refractivity contribution in [2.24, 2.45) is 0 Å². The zero-order valence-corrected chi connectivity index (χ0v) is 13.4. The van der Waals surface area contributed by atoms with Gasteiger partial charge in [0, 0.05) is 33.8 Å². The van der Waals surface area contributed by atoms with Gasteiger partial charge in [0.2, 0.25) is 17.8 Å². The van der Waals surface area contributed by atoms with Crippen LogP contribution in [0, 0.1) is 0 Å². The average molecular weight is 294 g/mol. The van der Waals surface area contributed by atoms with Gasteiger partial charge in [-0.3, -0.25) is 0 Å². The number of hydrogen-bond donors (Lipinski definition) is 2. The third kappa shape index (κ3) is 4.42. The Kier molecular flexibility index (Phi) is 5.55. The van der Waals surface area contributed by atoms with Crippen molar-refractivity contribution < 1.29 is 4.74 Å². The molecule has 0 radical (unpaired) electrons. The summed E-state index contributed by atoms with van der Waals surface area (Å²) in [6.45, 7) is 2.97. The molecule has 0 amide bonds. The molecule has 2 rings (SSSR count). The summed E-state index contributed by atoms with van der Waals surface area (Å²) in [5.41, 5.74) is 0. The zero-order valence-electron chi connectivity index (χ0n) is 13.4. The van der Waals surface area contributed by atoms with Gasteiger partial charge in [-0.05, 0) is 25.7 Å². The Morgan fingerprint density at radius 3 is 2.57 bits per heavy atom. The quantitative estimate of drug-likeness (QED) is 0.793. The topological polar surface area (TPSA) is 75.2 Å². The van der Waals surface area contributed by atoms with E-state index < -0.39 is 0 Å². The Balaban J connectivity index is 2.08. The molecule has 7 nitrogen and oxygen atoms in total. The molecule has 2 unspecified atom stereocenters. The van der Waals surface area contributed by atoms with E-state index in [1.807, 2.05) is 19.0 Å². The first kappa shape index (κ1) is 15.8. The van der Waals surface area contributed by atoms with Crippen molar-refractivity contribution >= 4 is 17.8 Å². The predicted octanol–water partition coefficient (Wildman–Crippen LogP) is 1.74. The van der Waals surface area contributed by atoms with Crippen LogP contribution in [0.4, 0.5) is 17.8 Å². The first-order valence-corrected chi connectivity index (χ1v) is 7.59. The molecule has 2 atom stereocenters. The second kappa shape index (κ2) is 7.40. The van der Waals surface area contributed by atoms with Crippen molar-refractivity contribution in [1.82, 2.24) is 15.0 Å². The van der Waals surface area contributed by atoms with E-state index >= 15 is 0 Å². The lowest BCUT2D eigenvalue weighted by Gasteiger charge is -2.16. The van der Waals surface area contributed by atoms with Gasteiger partial charge in [0.05, 0.1) is 6.10 Å². The summed E-state index contributed by atoms with van der Waals surface area (Å²) >= 11 is 0. The summed E-state index contributed by atoms with van der Waals surface area (Å²) in [5.74, 6) is 1.92. The van der Waals surface area contributed by atoms with E-state index in [1.54, 1.807) is 7.11 Å². The molecular weight excluding hydrogens is 268 g/mol. The first-order valence-electron chi connectivity index (χ1n) is 7.59. The number of nitrogens with zero attached hydrogens (tertiary/aromatic N) is 4. The average Bonchev–Trinajstić information content (AvgIpc) is 2.92. The highest BCUT2D eigenvalue weighted by atomic mass is 16.5. The van der Waals surface area contributed by atoms with Crippen LogP contribution in [0.2, 0.25) is 0 Å². The fraction of sp³-hybridized carbons (Fsp3) is 0.786. The summed E-state index contributed by atoms with van der Waals surface area (Å²) in [5, 5.41) is 6.63. The molecule has 0 saturated heterocycles. The van der Waals surface area contributed by atoms with Crippen LogP contribution in [0.15, 0.2) is 0 Å². The second-order valence-corrected chi connectivity index (χ2v) is 5.62. The van der Waals surface area contributed by atoms with Crippen molar-refractivity contribution in [2.45, 2.75) is 44.8 Å². The van der Waals surface area contributed by atoms with Crippen LogP contribution in [-0.2, 0) is 4.74 Å². The summed E-state index contributed by atoms with van der Waals surface area (Å²) in [7, 11) is 5.63. The number of rotatable bonds is 7. The van der Waals surface area contributed by atoms with Crippen molar-refractivity contribution in [1.29, 1.82) is 0 Å². The van der Waals surface area contributed by atoms with Crippen LogP contribution in [0.25, 0.3) is 0 Å². The van der Waals surface area contributed by atoms with Crippen LogP contribution >= 0.6 is 0 Å². The molecule has 2 N–H and O–H groups in total. The summed E-state index contributed by atoms with van der Waals surface area (Å²) < 4.78 is 5.40.